The van der Waals surface area contributed by atoms with E-state index >= 15 is 0 Å². The Morgan fingerprint density at radius 3 is 2.91 bits per heavy atom. The minimum absolute atomic E-state index is 0.0202. The van der Waals surface area contributed by atoms with Crippen LogP contribution < -0.4 is 11.1 Å². The second-order valence-electron chi connectivity index (χ2n) is 7.69. The van der Waals surface area contributed by atoms with Crippen LogP contribution in [-0.2, 0) is 4.79 Å². The number of carbonyl (C=O) groups excluding carboxylic acids is 2. The molecular weight excluding hydrogens is 426 g/mol. The molecule has 4 rings (SSSR count). The zero-order valence-electron chi connectivity index (χ0n) is 17.5. The molecule has 1 aromatic carbocycles. The van der Waals surface area contributed by atoms with Gasteiger partial charge in [0.1, 0.15) is 16.3 Å². The lowest BCUT2D eigenvalue weighted by Gasteiger charge is -2.15. The number of furan rings is 1. The van der Waals surface area contributed by atoms with E-state index in [-0.39, 0.29) is 17.7 Å². The second-order valence-corrected chi connectivity index (χ2v) is 8.58. The molecule has 0 bridgehead atoms. The number of nitrogens with two attached hydrogens (primary N) is 1. The summed E-state index contributed by atoms with van der Waals surface area (Å²) in [5, 5.41) is 4.03. The highest BCUT2D eigenvalue weighted by Crippen LogP contribution is 2.27. The van der Waals surface area contributed by atoms with E-state index in [2.05, 4.69) is 26.3 Å². The Bertz CT molecular complexity index is 1180. The van der Waals surface area contributed by atoms with E-state index in [1.807, 2.05) is 24.4 Å². The van der Waals surface area contributed by atoms with Crippen LogP contribution >= 0.6 is 11.3 Å². The minimum Gasteiger partial charge on any atom is -0.464 e. The molecule has 0 radical (unpaired) electrons. The van der Waals surface area contributed by atoms with Crippen LogP contribution in [0, 0.1) is 0 Å². The third-order valence-corrected chi connectivity index (χ3v) is 6.16. The van der Waals surface area contributed by atoms with E-state index in [4.69, 9.17) is 10.2 Å². The van der Waals surface area contributed by atoms with Crippen molar-refractivity contribution in [3.63, 3.8) is 0 Å². The number of aromatic amines is 1. The number of thiazole rings is 1. The number of aromatic nitrogens is 3. The fraction of sp³-hybridized carbons (Fsp3) is 0.304. The summed E-state index contributed by atoms with van der Waals surface area (Å²) >= 11 is 1.31. The van der Waals surface area contributed by atoms with Crippen molar-refractivity contribution in [3.8, 4) is 11.3 Å². The average Bonchev–Trinajstić information content (AvgIpc) is 3.55. The van der Waals surface area contributed by atoms with Crippen LogP contribution in [0.2, 0.25) is 0 Å². The van der Waals surface area contributed by atoms with Crippen molar-refractivity contribution in [1.29, 1.82) is 0 Å². The molecule has 0 spiro atoms. The third-order valence-electron chi connectivity index (χ3n) is 5.39. The van der Waals surface area contributed by atoms with Gasteiger partial charge in [0.05, 0.1) is 29.9 Å². The molecule has 9 heteroatoms. The van der Waals surface area contributed by atoms with Gasteiger partial charge in [0.25, 0.3) is 5.91 Å². The van der Waals surface area contributed by atoms with Crippen molar-refractivity contribution in [3.05, 3.63) is 59.1 Å². The minimum atomic E-state index is -0.274. The Balaban J connectivity index is 1.45. The predicted molar refractivity (Wildman–Crippen MR) is 123 cm³/mol. The molecule has 0 aliphatic carbocycles. The number of carbonyl (C=O) groups is 2. The van der Waals surface area contributed by atoms with E-state index in [9.17, 15) is 9.59 Å². The summed E-state index contributed by atoms with van der Waals surface area (Å²) in [4.78, 5) is 35.9. The number of rotatable bonds is 11. The van der Waals surface area contributed by atoms with E-state index in [0.717, 1.165) is 53.7 Å². The number of nitrogens with zero attached hydrogens (tertiary/aromatic N) is 2. The number of nitrogens with one attached hydrogen (secondary N) is 2. The molecule has 166 valence electrons. The van der Waals surface area contributed by atoms with Crippen molar-refractivity contribution in [1.82, 2.24) is 20.3 Å². The van der Waals surface area contributed by atoms with Gasteiger partial charge in [-0.15, -0.1) is 11.3 Å². The van der Waals surface area contributed by atoms with E-state index in [0.29, 0.717) is 17.8 Å². The highest BCUT2D eigenvalue weighted by atomic mass is 32.1. The molecular formula is C23H25N5O3S. The standard InChI is InChI=1S/C23H25N5O3S/c24-21(29)5-3-1-2-4-17(11-27-23(30)20-13-25-14-32-20)22-26-12-18(28-22)15-6-7-19-16(10-15)8-9-31-19/h6-10,12-14,17H,1-5,11H2,(H2,24,29)(H,26,28)(H,27,30). The number of hydrogen-bond acceptors (Lipinski definition) is 6. The van der Waals surface area contributed by atoms with Gasteiger partial charge in [0, 0.05) is 29.8 Å². The van der Waals surface area contributed by atoms with Crippen molar-refractivity contribution in [2.24, 2.45) is 5.73 Å². The lowest BCUT2D eigenvalue weighted by atomic mass is 9.99. The van der Waals surface area contributed by atoms with Crippen LogP contribution in [0.5, 0.6) is 0 Å². The first-order valence-corrected chi connectivity index (χ1v) is 11.5. The van der Waals surface area contributed by atoms with Crippen molar-refractivity contribution < 1.29 is 14.0 Å². The monoisotopic (exact) mass is 451 g/mol. The number of imidazole rings is 1. The second kappa shape index (κ2) is 10.2. The van der Waals surface area contributed by atoms with Gasteiger partial charge in [-0.25, -0.2) is 4.98 Å². The predicted octanol–water partition coefficient (Wildman–Crippen LogP) is 4.23. The molecule has 0 aliphatic rings. The molecule has 0 saturated heterocycles. The van der Waals surface area contributed by atoms with Gasteiger partial charge >= 0.3 is 0 Å². The first kappa shape index (κ1) is 21.8. The highest BCUT2D eigenvalue weighted by molar-refractivity contribution is 7.11. The quantitative estimate of drug-likeness (QED) is 0.294. The molecule has 8 nitrogen and oxygen atoms in total. The van der Waals surface area contributed by atoms with Crippen LogP contribution in [0.25, 0.3) is 22.2 Å². The van der Waals surface area contributed by atoms with Gasteiger partial charge in [-0.3, -0.25) is 14.6 Å². The summed E-state index contributed by atoms with van der Waals surface area (Å²) in [6.07, 6.45) is 8.86. The summed E-state index contributed by atoms with van der Waals surface area (Å²) in [5.41, 5.74) is 9.64. The summed E-state index contributed by atoms with van der Waals surface area (Å²) in [6, 6.07) is 7.92. The highest BCUT2D eigenvalue weighted by Gasteiger charge is 2.18. The maximum Gasteiger partial charge on any atom is 0.263 e. The number of amides is 2. The molecule has 3 aromatic heterocycles. The lowest BCUT2D eigenvalue weighted by molar-refractivity contribution is -0.118. The molecule has 4 aromatic rings. The fourth-order valence-corrected chi connectivity index (χ4v) is 4.19. The number of fused-ring (bicyclic) bond motifs is 1. The van der Waals surface area contributed by atoms with Gasteiger partial charge in [-0.1, -0.05) is 12.8 Å². The average molecular weight is 452 g/mol. The molecule has 4 N–H and O–H groups in total. The van der Waals surface area contributed by atoms with Crippen LogP contribution in [0.3, 0.4) is 0 Å². The van der Waals surface area contributed by atoms with Gasteiger partial charge in [-0.05, 0) is 37.1 Å². The van der Waals surface area contributed by atoms with Crippen LogP contribution in [0.15, 0.2) is 52.9 Å². The Labute approximate surface area is 189 Å². The third kappa shape index (κ3) is 5.42. The van der Waals surface area contributed by atoms with Crippen LogP contribution in [-0.4, -0.2) is 33.3 Å². The number of benzene rings is 1. The van der Waals surface area contributed by atoms with Gasteiger partial charge < -0.3 is 20.5 Å². The number of primary amides is 1. The number of H-pyrrole nitrogens is 1. The topological polar surface area (TPSA) is 127 Å². The normalized spacial score (nSPS) is 12.1. The molecule has 1 atom stereocenters. The summed E-state index contributed by atoms with van der Waals surface area (Å²) in [7, 11) is 0. The summed E-state index contributed by atoms with van der Waals surface area (Å²) in [5.74, 6) is 0.436. The smallest absolute Gasteiger partial charge is 0.263 e. The Kier molecular flexibility index (Phi) is 6.96. The lowest BCUT2D eigenvalue weighted by Crippen LogP contribution is -2.28. The molecule has 32 heavy (non-hydrogen) atoms. The van der Waals surface area contributed by atoms with E-state index in [1.54, 1.807) is 18.0 Å². The largest absolute Gasteiger partial charge is 0.464 e. The van der Waals surface area contributed by atoms with Gasteiger partial charge in [0.2, 0.25) is 5.91 Å². The summed E-state index contributed by atoms with van der Waals surface area (Å²) < 4.78 is 5.42. The van der Waals surface area contributed by atoms with Crippen LogP contribution in [0.4, 0.5) is 0 Å². The van der Waals surface area contributed by atoms with E-state index < -0.39 is 0 Å². The maximum atomic E-state index is 12.4. The van der Waals surface area contributed by atoms with Crippen molar-refractivity contribution >= 4 is 34.1 Å². The zero-order chi connectivity index (χ0) is 22.3. The zero-order valence-corrected chi connectivity index (χ0v) is 18.4. The van der Waals surface area contributed by atoms with Crippen molar-refractivity contribution in [2.45, 2.75) is 38.0 Å². The molecule has 0 fully saturated rings. The molecule has 0 saturated carbocycles. The fourth-order valence-electron chi connectivity index (χ4n) is 3.66. The SMILES string of the molecule is NC(=O)CCCCCC(CNC(=O)c1cncs1)c1ncc(-c2ccc3occc3c2)[nH]1. The molecule has 3 heterocycles. The maximum absolute atomic E-state index is 12.4. The first-order chi connectivity index (χ1) is 15.6. The molecule has 1 unspecified atom stereocenters. The first-order valence-electron chi connectivity index (χ1n) is 10.6. The Morgan fingerprint density at radius 2 is 2.09 bits per heavy atom. The number of unbranched alkanes of at least 4 members (excludes halogenated alkanes) is 2. The Hall–Kier alpha value is -3.46. The Morgan fingerprint density at radius 1 is 1.19 bits per heavy atom. The molecule has 0 aliphatic heterocycles. The summed E-state index contributed by atoms with van der Waals surface area (Å²) in [6.45, 7) is 0.459. The van der Waals surface area contributed by atoms with Gasteiger partial charge in [-0.2, -0.15) is 0 Å². The number of hydrogen-bond donors (Lipinski definition) is 3. The van der Waals surface area contributed by atoms with E-state index in [1.165, 1.54) is 11.3 Å². The molecule has 2 amide bonds. The van der Waals surface area contributed by atoms with Gasteiger partial charge in [0.15, 0.2) is 0 Å². The van der Waals surface area contributed by atoms with Crippen LogP contribution in [0.1, 0.15) is 53.5 Å². The van der Waals surface area contributed by atoms with Crippen molar-refractivity contribution in [2.75, 3.05) is 6.54 Å².